The molecule has 4 rings (SSSR count). The SMILES string of the molecule is CCCC(=O)N1CC[C@H](n2nc(C#Cc3cc(OC)cc(OC)c3)c3c(N)ncnc32)C1.CCCC(C)=O. The number of ether oxygens (including phenoxy) is 2. The fraction of sp³-hybridized carbons (Fsp3) is 0.464. The third-order valence-corrected chi connectivity index (χ3v) is 6.12. The van der Waals surface area contributed by atoms with Crippen LogP contribution in [0, 0.1) is 11.8 Å². The van der Waals surface area contributed by atoms with Gasteiger partial charge in [-0.15, -0.1) is 0 Å². The van der Waals surface area contributed by atoms with E-state index < -0.39 is 0 Å². The third kappa shape index (κ3) is 7.00. The number of fused-ring (bicyclic) bond motifs is 1. The lowest BCUT2D eigenvalue weighted by Gasteiger charge is -2.16. The van der Waals surface area contributed by atoms with Gasteiger partial charge in [-0.3, -0.25) is 4.79 Å². The molecule has 202 valence electrons. The van der Waals surface area contributed by atoms with Crippen LogP contribution in [0.5, 0.6) is 11.5 Å². The van der Waals surface area contributed by atoms with Gasteiger partial charge in [0, 0.05) is 37.6 Å². The number of nitrogens with two attached hydrogens (primary N) is 1. The summed E-state index contributed by atoms with van der Waals surface area (Å²) in [6.07, 6.45) is 5.34. The van der Waals surface area contributed by atoms with E-state index in [4.69, 9.17) is 20.3 Å². The van der Waals surface area contributed by atoms with Gasteiger partial charge >= 0.3 is 0 Å². The number of Topliss-reactive ketones (excluding diaryl/α,β-unsaturated/α-hetero) is 1. The zero-order chi connectivity index (χ0) is 27.7. The molecular formula is C28H36N6O4. The third-order valence-electron chi connectivity index (χ3n) is 6.12. The zero-order valence-corrected chi connectivity index (χ0v) is 22.8. The van der Waals surface area contributed by atoms with Gasteiger partial charge in [0.25, 0.3) is 0 Å². The number of likely N-dealkylation sites (tertiary alicyclic amines) is 1. The van der Waals surface area contributed by atoms with E-state index in [1.165, 1.54) is 6.33 Å². The van der Waals surface area contributed by atoms with Crippen molar-refractivity contribution in [3.8, 4) is 23.3 Å². The average Bonchev–Trinajstić information content (AvgIpc) is 3.53. The van der Waals surface area contributed by atoms with Gasteiger partial charge in [-0.2, -0.15) is 5.10 Å². The van der Waals surface area contributed by atoms with E-state index in [2.05, 4.69) is 21.8 Å². The molecule has 0 bridgehead atoms. The predicted molar refractivity (Wildman–Crippen MR) is 146 cm³/mol. The molecule has 0 aliphatic carbocycles. The van der Waals surface area contributed by atoms with Crippen molar-refractivity contribution in [3.63, 3.8) is 0 Å². The van der Waals surface area contributed by atoms with Gasteiger partial charge in [0.1, 0.15) is 35.1 Å². The molecule has 1 atom stereocenters. The van der Waals surface area contributed by atoms with Crippen LogP contribution < -0.4 is 15.2 Å². The normalized spacial score (nSPS) is 14.3. The van der Waals surface area contributed by atoms with Crippen LogP contribution in [0.3, 0.4) is 0 Å². The van der Waals surface area contributed by atoms with E-state index >= 15 is 0 Å². The van der Waals surface area contributed by atoms with E-state index in [1.807, 2.05) is 35.6 Å². The number of benzene rings is 1. The molecule has 38 heavy (non-hydrogen) atoms. The standard InChI is InChI=1S/C23H26N6O3.C5H10O/c1-4-5-20(30)28-9-8-16(13-28)29-23-21(22(24)25-14-26-23)19(27-29)7-6-15-10-17(31-2)12-18(11-15)32-3;1-3-4-5(2)6/h10-12,14,16H,4-5,8-9,13H2,1-3H3,(H2,24,25,26);3-4H2,1-2H3/t16-;/m0./s1. The van der Waals surface area contributed by atoms with Crippen LogP contribution in [-0.2, 0) is 9.59 Å². The number of carbonyl (C=O) groups is 2. The molecule has 1 saturated heterocycles. The molecule has 3 aromatic rings. The van der Waals surface area contributed by atoms with Crippen molar-refractivity contribution in [3.05, 3.63) is 35.8 Å². The number of anilines is 1. The fourth-order valence-electron chi connectivity index (χ4n) is 4.24. The summed E-state index contributed by atoms with van der Waals surface area (Å²) in [5.74, 6) is 8.31. The summed E-state index contributed by atoms with van der Waals surface area (Å²) in [5, 5.41) is 5.35. The maximum absolute atomic E-state index is 12.3. The molecule has 1 amide bonds. The lowest BCUT2D eigenvalue weighted by Crippen LogP contribution is -2.28. The van der Waals surface area contributed by atoms with Gasteiger partial charge < -0.3 is 24.9 Å². The Balaban J connectivity index is 0.000000599. The molecule has 1 aliphatic heterocycles. The summed E-state index contributed by atoms with van der Waals surface area (Å²) in [6, 6.07) is 5.44. The van der Waals surface area contributed by atoms with Crippen LogP contribution in [0.25, 0.3) is 11.0 Å². The summed E-state index contributed by atoms with van der Waals surface area (Å²) >= 11 is 0. The number of hydrogen-bond acceptors (Lipinski definition) is 8. The number of carbonyl (C=O) groups excluding carboxylic acids is 2. The summed E-state index contributed by atoms with van der Waals surface area (Å²) in [6.45, 7) is 6.93. The Bertz CT molecular complexity index is 1320. The smallest absolute Gasteiger partial charge is 0.222 e. The number of amides is 1. The maximum atomic E-state index is 12.3. The van der Waals surface area contributed by atoms with Crippen molar-refractivity contribution in [2.24, 2.45) is 0 Å². The van der Waals surface area contributed by atoms with Crippen molar-refractivity contribution in [2.75, 3.05) is 33.0 Å². The van der Waals surface area contributed by atoms with Crippen LogP contribution in [0.15, 0.2) is 24.5 Å². The Labute approximate surface area is 223 Å². The number of nitrogen functional groups attached to an aromatic ring is 1. The number of hydrogen-bond donors (Lipinski definition) is 1. The van der Waals surface area contributed by atoms with E-state index in [-0.39, 0.29) is 17.7 Å². The molecule has 1 aromatic carbocycles. The first-order chi connectivity index (χ1) is 18.3. The van der Waals surface area contributed by atoms with Gasteiger partial charge in [-0.1, -0.05) is 19.8 Å². The second kappa shape index (κ2) is 13.4. The quantitative estimate of drug-likeness (QED) is 0.467. The molecule has 1 fully saturated rings. The summed E-state index contributed by atoms with van der Waals surface area (Å²) < 4.78 is 12.5. The molecule has 10 heteroatoms. The zero-order valence-electron chi connectivity index (χ0n) is 22.8. The molecular weight excluding hydrogens is 484 g/mol. The molecule has 10 nitrogen and oxygen atoms in total. The molecule has 0 radical (unpaired) electrons. The first-order valence-electron chi connectivity index (χ1n) is 12.8. The highest BCUT2D eigenvalue weighted by molar-refractivity contribution is 5.90. The molecule has 3 heterocycles. The summed E-state index contributed by atoms with van der Waals surface area (Å²) in [4.78, 5) is 32.8. The van der Waals surface area contributed by atoms with Gasteiger partial charge in [0.2, 0.25) is 5.91 Å². The Morgan fingerprint density at radius 3 is 2.32 bits per heavy atom. The van der Waals surface area contributed by atoms with Crippen LogP contribution in [0.2, 0.25) is 0 Å². The number of rotatable bonds is 7. The van der Waals surface area contributed by atoms with Gasteiger partial charge in [-0.05, 0) is 44.2 Å². The number of ketones is 1. The Morgan fingerprint density at radius 2 is 1.74 bits per heavy atom. The first kappa shape index (κ1) is 28.4. The Hall–Kier alpha value is -4.13. The van der Waals surface area contributed by atoms with E-state index in [0.717, 1.165) is 31.2 Å². The number of nitrogens with zero attached hydrogens (tertiary/aromatic N) is 5. The van der Waals surface area contributed by atoms with Crippen molar-refractivity contribution >= 4 is 28.5 Å². The lowest BCUT2D eigenvalue weighted by atomic mass is 10.2. The van der Waals surface area contributed by atoms with Gasteiger partial charge in [0.15, 0.2) is 5.65 Å². The number of aromatic nitrogens is 4. The van der Waals surface area contributed by atoms with Crippen molar-refractivity contribution < 1.29 is 19.1 Å². The van der Waals surface area contributed by atoms with Gasteiger partial charge in [-0.25, -0.2) is 14.6 Å². The van der Waals surface area contributed by atoms with E-state index in [0.29, 0.717) is 53.6 Å². The maximum Gasteiger partial charge on any atom is 0.222 e. The van der Waals surface area contributed by atoms with Crippen LogP contribution in [0.1, 0.15) is 70.2 Å². The van der Waals surface area contributed by atoms with Crippen molar-refractivity contribution in [1.29, 1.82) is 0 Å². The predicted octanol–water partition coefficient (Wildman–Crippen LogP) is 3.77. The van der Waals surface area contributed by atoms with Crippen LogP contribution >= 0.6 is 0 Å². The molecule has 0 saturated carbocycles. The minimum Gasteiger partial charge on any atom is -0.497 e. The molecule has 0 unspecified atom stereocenters. The highest BCUT2D eigenvalue weighted by atomic mass is 16.5. The highest BCUT2D eigenvalue weighted by Gasteiger charge is 2.30. The van der Waals surface area contributed by atoms with E-state index in [9.17, 15) is 9.59 Å². The second-order valence-electron chi connectivity index (χ2n) is 9.09. The molecule has 0 spiro atoms. The van der Waals surface area contributed by atoms with Crippen molar-refractivity contribution in [1.82, 2.24) is 24.6 Å². The molecule has 2 N–H and O–H groups in total. The van der Waals surface area contributed by atoms with Crippen LogP contribution in [-0.4, -0.2) is 63.6 Å². The number of methoxy groups -OCH3 is 2. The highest BCUT2D eigenvalue weighted by Crippen LogP contribution is 2.29. The minimum atomic E-state index is 0.0140. The summed E-state index contributed by atoms with van der Waals surface area (Å²) in [5.41, 5.74) is 8.01. The topological polar surface area (TPSA) is 125 Å². The minimum absolute atomic E-state index is 0.0140. The molecule has 1 aliphatic rings. The summed E-state index contributed by atoms with van der Waals surface area (Å²) in [7, 11) is 3.19. The fourth-order valence-corrected chi connectivity index (χ4v) is 4.24. The van der Waals surface area contributed by atoms with E-state index in [1.54, 1.807) is 27.2 Å². The average molecular weight is 521 g/mol. The second-order valence-corrected chi connectivity index (χ2v) is 9.09. The Morgan fingerprint density at radius 1 is 1.05 bits per heavy atom. The largest absolute Gasteiger partial charge is 0.497 e. The lowest BCUT2D eigenvalue weighted by molar-refractivity contribution is -0.130. The monoisotopic (exact) mass is 520 g/mol. The van der Waals surface area contributed by atoms with Crippen molar-refractivity contribution in [2.45, 2.75) is 58.9 Å². The van der Waals surface area contributed by atoms with Gasteiger partial charge in [0.05, 0.1) is 25.6 Å². The van der Waals surface area contributed by atoms with Crippen LogP contribution in [0.4, 0.5) is 5.82 Å². The first-order valence-corrected chi connectivity index (χ1v) is 12.8. The molecule has 2 aromatic heterocycles. The Kier molecular flexibility index (Phi) is 10.0.